The highest BCUT2D eigenvalue weighted by atomic mass is 16.1. The van der Waals surface area contributed by atoms with Gasteiger partial charge in [-0.2, -0.15) is 0 Å². The number of nitrogens with zero attached hydrogens (tertiary/aromatic N) is 1. The van der Waals surface area contributed by atoms with E-state index in [-0.39, 0.29) is 5.41 Å². The van der Waals surface area contributed by atoms with Crippen LogP contribution in [-0.2, 0) is 5.41 Å². The van der Waals surface area contributed by atoms with E-state index in [4.69, 9.17) is 0 Å². The lowest BCUT2D eigenvalue weighted by atomic mass is 9.85. The van der Waals surface area contributed by atoms with Gasteiger partial charge < -0.3 is 4.90 Å². The van der Waals surface area contributed by atoms with Gasteiger partial charge in [0, 0.05) is 22.6 Å². The molecule has 0 radical (unpaired) electrons. The van der Waals surface area contributed by atoms with E-state index in [0.717, 1.165) is 23.3 Å². The van der Waals surface area contributed by atoms with Gasteiger partial charge in [0.1, 0.15) is 6.29 Å². The van der Waals surface area contributed by atoms with Crippen LogP contribution in [0.5, 0.6) is 0 Å². The number of carbonyl (C=O) groups excluding carboxylic acids is 1. The molecule has 0 heterocycles. The van der Waals surface area contributed by atoms with Gasteiger partial charge in [-0.25, -0.2) is 0 Å². The van der Waals surface area contributed by atoms with Gasteiger partial charge in [0.15, 0.2) is 0 Å². The summed E-state index contributed by atoms with van der Waals surface area (Å²) < 4.78 is 0. The molecule has 3 rings (SSSR count). The van der Waals surface area contributed by atoms with E-state index in [1.54, 1.807) is 0 Å². The number of hydrogen-bond acceptors (Lipinski definition) is 2. The smallest absolute Gasteiger partial charge is 0.150 e. The summed E-state index contributed by atoms with van der Waals surface area (Å²) in [5, 5.41) is 0. The molecule has 2 heteroatoms. The Hall–Kier alpha value is -2.87. The molecule has 0 amide bonds. The Morgan fingerprint density at radius 2 is 1.28 bits per heavy atom. The van der Waals surface area contributed by atoms with Crippen molar-refractivity contribution in [2.75, 3.05) is 4.90 Å². The molecule has 0 aromatic heterocycles. The van der Waals surface area contributed by atoms with Gasteiger partial charge in [-0.05, 0) is 53.4 Å². The SMILES string of the molecule is CC(C)(C)c1ccccc1N(c1ccccc1)c1ccc(C=O)cc1. The Labute approximate surface area is 149 Å². The van der Waals surface area contributed by atoms with E-state index < -0.39 is 0 Å². The second kappa shape index (κ2) is 6.94. The van der Waals surface area contributed by atoms with Crippen molar-refractivity contribution in [1.29, 1.82) is 0 Å². The zero-order valence-electron chi connectivity index (χ0n) is 14.9. The molecule has 0 bridgehead atoms. The molecule has 0 N–H and O–H groups in total. The lowest BCUT2D eigenvalue weighted by molar-refractivity contribution is 0.112. The summed E-state index contributed by atoms with van der Waals surface area (Å²) >= 11 is 0. The number of para-hydroxylation sites is 2. The van der Waals surface area contributed by atoms with Crippen molar-refractivity contribution in [3.63, 3.8) is 0 Å². The minimum atomic E-state index is 0.0202. The average Bonchev–Trinajstić information content (AvgIpc) is 2.63. The summed E-state index contributed by atoms with van der Waals surface area (Å²) in [6, 6.07) is 26.5. The Kier molecular flexibility index (Phi) is 4.71. The topological polar surface area (TPSA) is 20.3 Å². The minimum absolute atomic E-state index is 0.0202. The van der Waals surface area contributed by atoms with Crippen LogP contribution in [0.25, 0.3) is 0 Å². The van der Waals surface area contributed by atoms with Gasteiger partial charge in [-0.1, -0.05) is 57.2 Å². The fourth-order valence-electron chi connectivity index (χ4n) is 3.01. The lowest BCUT2D eigenvalue weighted by Gasteiger charge is -2.31. The maximum Gasteiger partial charge on any atom is 0.150 e. The number of anilines is 3. The van der Waals surface area contributed by atoms with E-state index in [1.165, 1.54) is 5.56 Å². The monoisotopic (exact) mass is 329 g/mol. The molecule has 0 atom stereocenters. The number of aldehydes is 1. The summed E-state index contributed by atoms with van der Waals surface area (Å²) in [7, 11) is 0. The molecule has 0 aliphatic carbocycles. The van der Waals surface area contributed by atoms with Crippen LogP contribution in [0.3, 0.4) is 0 Å². The molecular weight excluding hydrogens is 306 g/mol. The van der Waals surface area contributed by atoms with Crippen LogP contribution in [0.4, 0.5) is 17.1 Å². The van der Waals surface area contributed by atoms with Crippen LogP contribution in [0.15, 0.2) is 78.9 Å². The van der Waals surface area contributed by atoms with Crippen LogP contribution in [0.2, 0.25) is 0 Å². The van der Waals surface area contributed by atoms with E-state index in [9.17, 15) is 4.79 Å². The molecule has 0 saturated heterocycles. The van der Waals surface area contributed by atoms with Crippen LogP contribution < -0.4 is 4.90 Å². The van der Waals surface area contributed by atoms with Crippen molar-refractivity contribution in [3.8, 4) is 0 Å². The Balaban J connectivity index is 2.21. The summed E-state index contributed by atoms with van der Waals surface area (Å²) in [6.07, 6.45) is 0.875. The van der Waals surface area contributed by atoms with Crippen molar-refractivity contribution in [1.82, 2.24) is 0 Å². The first-order chi connectivity index (χ1) is 12.0. The zero-order valence-corrected chi connectivity index (χ0v) is 14.9. The maximum absolute atomic E-state index is 11.0. The molecule has 0 saturated carbocycles. The molecular formula is C23H23NO. The Morgan fingerprint density at radius 1 is 0.720 bits per heavy atom. The standard InChI is InChI=1S/C23H23NO/c1-23(2,3)21-11-7-8-12-22(21)24(19-9-5-4-6-10-19)20-15-13-18(17-25)14-16-20/h4-17H,1-3H3. The molecule has 0 fully saturated rings. The van der Waals surface area contributed by atoms with Crippen molar-refractivity contribution >= 4 is 23.3 Å². The van der Waals surface area contributed by atoms with E-state index in [1.807, 2.05) is 42.5 Å². The fourth-order valence-corrected chi connectivity index (χ4v) is 3.01. The quantitative estimate of drug-likeness (QED) is 0.526. The molecule has 0 aliphatic heterocycles. The zero-order chi connectivity index (χ0) is 17.9. The van der Waals surface area contributed by atoms with Gasteiger partial charge in [-0.3, -0.25) is 4.79 Å². The summed E-state index contributed by atoms with van der Waals surface area (Å²) in [6.45, 7) is 6.68. The van der Waals surface area contributed by atoms with E-state index >= 15 is 0 Å². The molecule has 25 heavy (non-hydrogen) atoms. The molecule has 3 aromatic rings. The third-order valence-electron chi connectivity index (χ3n) is 4.25. The van der Waals surface area contributed by atoms with Crippen molar-refractivity contribution in [2.45, 2.75) is 26.2 Å². The summed E-state index contributed by atoms with van der Waals surface area (Å²) in [5.74, 6) is 0. The van der Waals surface area contributed by atoms with Gasteiger partial charge in [0.2, 0.25) is 0 Å². The molecule has 126 valence electrons. The first-order valence-electron chi connectivity index (χ1n) is 8.50. The maximum atomic E-state index is 11.0. The second-order valence-electron chi connectivity index (χ2n) is 7.15. The fraction of sp³-hybridized carbons (Fsp3) is 0.174. The lowest BCUT2D eigenvalue weighted by Crippen LogP contribution is -2.19. The van der Waals surface area contributed by atoms with Gasteiger partial charge in [-0.15, -0.1) is 0 Å². The predicted octanol–water partition coefficient (Wildman–Crippen LogP) is 6.27. The average molecular weight is 329 g/mol. The van der Waals surface area contributed by atoms with Crippen LogP contribution in [0.1, 0.15) is 36.7 Å². The Morgan fingerprint density at radius 3 is 1.88 bits per heavy atom. The van der Waals surface area contributed by atoms with E-state index in [2.05, 4.69) is 62.1 Å². The second-order valence-corrected chi connectivity index (χ2v) is 7.15. The molecule has 3 aromatic carbocycles. The van der Waals surface area contributed by atoms with Crippen molar-refractivity contribution in [3.05, 3.63) is 90.0 Å². The van der Waals surface area contributed by atoms with E-state index in [0.29, 0.717) is 5.56 Å². The normalized spacial score (nSPS) is 11.2. The summed E-state index contributed by atoms with van der Waals surface area (Å²) in [5.41, 5.74) is 5.26. The largest absolute Gasteiger partial charge is 0.310 e. The van der Waals surface area contributed by atoms with Crippen molar-refractivity contribution < 1.29 is 4.79 Å². The van der Waals surface area contributed by atoms with Gasteiger partial charge in [0.25, 0.3) is 0 Å². The van der Waals surface area contributed by atoms with Crippen molar-refractivity contribution in [2.24, 2.45) is 0 Å². The minimum Gasteiger partial charge on any atom is -0.310 e. The highest BCUT2D eigenvalue weighted by Crippen LogP contribution is 2.40. The number of benzene rings is 3. The molecule has 0 spiro atoms. The Bertz CT molecular complexity index is 845. The van der Waals surface area contributed by atoms with Crippen LogP contribution in [-0.4, -0.2) is 6.29 Å². The summed E-state index contributed by atoms with van der Waals surface area (Å²) in [4.78, 5) is 13.2. The highest BCUT2D eigenvalue weighted by Gasteiger charge is 2.22. The number of rotatable bonds is 4. The molecule has 0 aliphatic rings. The van der Waals surface area contributed by atoms with Gasteiger partial charge >= 0.3 is 0 Å². The van der Waals surface area contributed by atoms with Crippen LogP contribution in [0, 0.1) is 0 Å². The number of hydrogen-bond donors (Lipinski definition) is 0. The third kappa shape index (κ3) is 3.63. The molecule has 2 nitrogen and oxygen atoms in total. The van der Waals surface area contributed by atoms with Crippen LogP contribution >= 0.6 is 0 Å². The third-order valence-corrected chi connectivity index (χ3v) is 4.25. The first kappa shape index (κ1) is 17.0. The number of carbonyl (C=O) groups is 1. The highest BCUT2D eigenvalue weighted by molar-refractivity contribution is 5.81. The first-order valence-corrected chi connectivity index (χ1v) is 8.50. The molecule has 0 unspecified atom stereocenters. The van der Waals surface area contributed by atoms with Gasteiger partial charge in [0.05, 0.1) is 0 Å². The predicted molar refractivity (Wildman–Crippen MR) is 105 cm³/mol.